The Bertz CT molecular complexity index is 1500. The number of nitrogens with two attached hydrogens (primary N) is 1. The second kappa shape index (κ2) is 11.9. The van der Waals surface area contributed by atoms with Crippen LogP contribution in [0.25, 0.3) is 22.2 Å². The van der Waals surface area contributed by atoms with E-state index < -0.39 is 11.6 Å². The predicted molar refractivity (Wildman–Crippen MR) is 157 cm³/mol. The summed E-state index contributed by atoms with van der Waals surface area (Å²) >= 11 is 6.52. The lowest BCUT2D eigenvalue weighted by Crippen LogP contribution is -2.46. The number of ether oxygens (including phenoxy) is 3. The molecule has 0 radical (unpaired) electrons. The average molecular weight is 604 g/mol. The lowest BCUT2D eigenvalue weighted by Gasteiger charge is -2.33. The third-order valence-electron chi connectivity index (χ3n) is 8.35. The summed E-state index contributed by atoms with van der Waals surface area (Å²) in [6, 6.07) is 1.99. The first-order chi connectivity index (χ1) is 20.2. The number of anilines is 2. The number of halogens is 3. The van der Waals surface area contributed by atoms with Crippen molar-refractivity contribution in [2.75, 3.05) is 50.5 Å². The summed E-state index contributed by atoms with van der Waals surface area (Å²) < 4.78 is 49.1. The van der Waals surface area contributed by atoms with Crippen LogP contribution in [0.4, 0.5) is 20.3 Å². The molecular weight excluding hydrogens is 568 g/mol. The lowest BCUT2D eigenvalue weighted by molar-refractivity contribution is -0.0101. The van der Waals surface area contributed by atoms with Crippen molar-refractivity contribution in [1.82, 2.24) is 25.2 Å². The quantitative estimate of drug-likeness (QED) is 0.372. The van der Waals surface area contributed by atoms with Gasteiger partial charge >= 0.3 is 6.01 Å². The summed E-state index contributed by atoms with van der Waals surface area (Å²) in [5, 5.41) is 7.08. The normalized spacial score (nSPS) is 24.9. The van der Waals surface area contributed by atoms with Gasteiger partial charge in [0.05, 0.1) is 30.0 Å². The third-order valence-corrected chi connectivity index (χ3v) is 8.83. The van der Waals surface area contributed by atoms with Gasteiger partial charge < -0.3 is 30.6 Å². The maximum absolute atomic E-state index is 16.5. The molecule has 0 saturated carbocycles. The summed E-state index contributed by atoms with van der Waals surface area (Å²) in [5.41, 5.74) is 5.81. The summed E-state index contributed by atoms with van der Waals surface area (Å²) in [5.74, 6) is -0.930. The van der Waals surface area contributed by atoms with Crippen molar-refractivity contribution in [3.05, 3.63) is 28.3 Å². The van der Waals surface area contributed by atoms with Crippen molar-refractivity contribution in [1.29, 1.82) is 0 Å². The first-order valence-corrected chi connectivity index (χ1v) is 14.8. The highest BCUT2D eigenvalue weighted by molar-refractivity contribution is 6.34. The first kappa shape index (κ1) is 29.0. The number of nitrogen functional groups attached to an aromatic ring is 1. The maximum atomic E-state index is 16.5. The molecule has 3 aliphatic heterocycles. The highest BCUT2D eigenvalue weighted by Crippen LogP contribution is 2.41. The molecule has 0 bridgehead atoms. The number of benzene rings is 1. The van der Waals surface area contributed by atoms with Gasteiger partial charge in [0.25, 0.3) is 0 Å². The minimum absolute atomic E-state index is 0.00701. The van der Waals surface area contributed by atoms with Crippen LogP contribution in [-0.2, 0) is 4.74 Å². The Labute approximate surface area is 248 Å². The molecular formula is C29H36ClF2N7O3. The van der Waals surface area contributed by atoms with Crippen molar-refractivity contribution < 1.29 is 23.0 Å². The molecule has 0 spiro atoms. The van der Waals surface area contributed by atoms with E-state index in [4.69, 9.17) is 31.5 Å². The molecule has 3 aromatic rings. The van der Waals surface area contributed by atoms with Crippen LogP contribution in [-0.4, -0.2) is 83.5 Å². The van der Waals surface area contributed by atoms with Crippen LogP contribution >= 0.6 is 11.6 Å². The minimum Gasteiger partial charge on any atom is -0.474 e. The number of pyridine rings is 1. The Balaban J connectivity index is 1.47. The highest BCUT2D eigenvalue weighted by atomic mass is 35.5. The molecule has 42 heavy (non-hydrogen) atoms. The summed E-state index contributed by atoms with van der Waals surface area (Å²) in [6.07, 6.45) is 2.43. The van der Waals surface area contributed by atoms with E-state index in [1.807, 2.05) is 6.92 Å². The number of fused-ring (bicyclic) bond motifs is 1. The van der Waals surface area contributed by atoms with E-state index in [-0.39, 0.29) is 63.1 Å². The number of aromatic nitrogens is 3. The van der Waals surface area contributed by atoms with Gasteiger partial charge in [0.2, 0.25) is 5.88 Å². The van der Waals surface area contributed by atoms with Gasteiger partial charge in [-0.05, 0) is 52.6 Å². The number of morpholine rings is 1. The summed E-state index contributed by atoms with van der Waals surface area (Å²) in [7, 11) is 0. The third kappa shape index (κ3) is 5.52. The van der Waals surface area contributed by atoms with Crippen LogP contribution in [0.5, 0.6) is 11.9 Å². The molecule has 226 valence electrons. The van der Waals surface area contributed by atoms with Crippen LogP contribution in [0.1, 0.15) is 38.7 Å². The van der Waals surface area contributed by atoms with Gasteiger partial charge in [0.15, 0.2) is 11.6 Å². The molecule has 0 aliphatic carbocycles. The maximum Gasteiger partial charge on any atom is 0.319 e. The first-order valence-electron chi connectivity index (χ1n) is 14.5. The fourth-order valence-electron chi connectivity index (χ4n) is 5.95. The molecule has 3 aliphatic rings. The molecule has 2 aromatic heterocycles. The number of hydrogen-bond donors (Lipinski definition) is 3. The molecule has 13 heteroatoms. The van der Waals surface area contributed by atoms with Gasteiger partial charge in [0.1, 0.15) is 29.0 Å². The van der Waals surface area contributed by atoms with E-state index in [1.54, 1.807) is 0 Å². The Morgan fingerprint density at radius 2 is 2.00 bits per heavy atom. The standard InChI is InChI=1S/C29H36ClF2N7O3/c1-14-11-35-27-21-26(37-29(38-27)41-13-18-5-4-17-12-40-9-8-39(17)18)24(32)25(36-28(21)42-15(2)6-7-34-14)19-10-20(33)23(31)16(3)22(19)30/h10,14-15,17-18,34H,4-9,11-13,33H2,1-3H3,(H,35,37,38)/t14?,15-,17-,18?/m0/s1. The van der Waals surface area contributed by atoms with Crippen LogP contribution in [0.3, 0.4) is 0 Å². The zero-order valence-electron chi connectivity index (χ0n) is 24.0. The SMILES string of the molecule is Cc1c(F)c(N)cc(-c2nc3c4c(nc(OCC5CC[C@H]6COCCN56)nc4c2F)NCC(C)NCC[C@H](C)O3)c1Cl. The van der Waals surface area contributed by atoms with E-state index in [0.717, 1.165) is 26.0 Å². The number of rotatable bonds is 4. The Morgan fingerprint density at radius 1 is 1.17 bits per heavy atom. The number of nitrogens with zero attached hydrogens (tertiary/aromatic N) is 4. The second-order valence-electron chi connectivity index (χ2n) is 11.4. The minimum atomic E-state index is -0.761. The molecule has 6 rings (SSSR count). The number of hydrogen-bond acceptors (Lipinski definition) is 10. The molecule has 5 heterocycles. The van der Waals surface area contributed by atoms with Gasteiger partial charge in [-0.1, -0.05) is 11.6 Å². The Morgan fingerprint density at radius 3 is 2.83 bits per heavy atom. The summed E-state index contributed by atoms with van der Waals surface area (Å²) in [4.78, 5) is 16.2. The lowest BCUT2D eigenvalue weighted by atomic mass is 10.0. The van der Waals surface area contributed by atoms with E-state index >= 15 is 4.39 Å². The Kier molecular flexibility index (Phi) is 8.23. The zero-order valence-corrected chi connectivity index (χ0v) is 24.7. The molecule has 2 fully saturated rings. The second-order valence-corrected chi connectivity index (χ2v) is 11.8. The van der Waals surface area contributed by atoms with Crippen molar-refractivity contribution in [2.45, 2.75) is 64.3 Å². The zero-order chi connectivity index (χ0) is 29.5. The molecule has 2 saturated heterocycles. The number of nitrogens with one attached hydrogen (secondary N) is 2. The van der Waals surface area contributed by atoms with E-state index in [1.165, 1.54) is 13.0 Å². The fourth-order valence-corrected chi connectivity index (χ4v) is 6.18. The average Bonchev–Trinajstić information content (AvgIpc) is 3.39. The largest absolute Gasteiger partial charge is 0.474 e. The molecule has 4 atom stereocenters. The highest BCUT2D eigenvalue weighted by Gasteiger charge is 2.36. The smallest absolute Gasteiger partial charge is 0.319 e. The molecule has 1 aromatic carbocycles. The van der Waals surface area contributed by atoms with Gasteiger partial charge in [-0.3, -0.25) is 4.90 Å². The fraction of sp³-hybridized carbons (Fsp3) is 0.552. The van der Waals surface area contributed by atoms with Gasteiger partial charge in [0, 0.05) is 42.3 Å². The van der Waals surface area contributed by atoms with Crippen molar-refractivity contribution in [3.8, 4) is 23.1 Å². The van der Waals surface area contributed by atoms with E-state index in [0.29, 0.717) is 50.0 Å². The monoisotopic (exact) mass is 603 g/mol. The Hall–Kier alpha value is -3.06. The van der Waals surface area contributed by atoms with Gasteiger partial charge in [-0.25, -0.2) is 13.8 Å². The van der Waals surface area contributed by atoms with Crippen LogP contribution in [0.2, 0.25) is 5.02 Å². The molecule has 4 N–H and O–H groups in total. The van der Waals surface area contributed by atoms with E-state index in [2.05, 4.69) is 37.4 Å². The van der Waals surface area contributed by atoms with Crippen molar-refractivity contribution >= 4 is 34.0 Å². The van der Waals surface area contributed by atoms with Gasteiger partial charge in [-0.15, -0.1) is 0 Å². The summed E-state index contributed by atoms with van der Waals surface area (Å²) in [6.45, 7) is 9.30. The van der Waals surface area contributed by atoms with Crippen molar-refractivity contribution in [3.63, 3.8) is 0 Å². The van der Waals surface area contributed by atoms with Crippen LogP contribution < -0.4 is 25.8 Å². The van der Waals surface area contributed by atoms with Crippen molar-refractivity contribution in [2.24, 2.45) is 0 Å². The molecule has 2 unspecified atom stereocenters. The van der Waals surface area contributed by atoms with Crippen LogP contribution in [0, 0.1) is 18.6 Å². The predicted octanol–water partition coefficient (Wildman–Crippen LogP) is 4.32. The molecule has 0 amide bonds. The molecule has 10 nitrogen and oxygen atoms in total. The van der Waals surface area contributed by atoms with Crippen LogP contribution in [0.15, 0.2) is 6.07 Å². The topological polar surface area (TPSA) is 120 Å². The van der Waals surface area contributed by atoms with Gasteiger partial charge in [-0.2, -0.15) is 9.97 Å². The van der Waals surface area contributed by atoms with E-state index in [9.17, 15) is 4.39 Å².